The number of rotatable bonds is 5. The number of hydrogen-bond donors (Lipinski definition) is 2. The molecule has 92 valence electrons. The van der Waals surface area contributed by atoms with Gasteiger partial charge < -0.3 is 10.6 Å². The number of nitrogens with one attached hydrogen (secondary N) is 2. The predicted octanol–water partition coefficient (Wildman–Crippen LogP) is 0.586. The molecule has 8 nitrogen and oxygen atoms in total. The Morgan fingerprint density at radius 1 is 1.65 bits per heavy atom. The number of carbonyl (C=O) groups excluding carboxylic acids is 1. The van der Waals surface area contributed by atoms with Crippen LogP contribution in [0.5, 0.6) is 0 Å². The second kappa shape index (κ2) is 5.94. The quantitative estimate of drug-likeness (QED) is 0.455. The number of amides is 1. The first-order chi connectivity index (χ1) is 8.04. The van der Waals surface area contributed by atoms with E-state index in [4.69, 9.17) is 11.6 Å². The van der Waals surface area contributed by atoms with Crippen LogP contribution < -0.4 is 10.6 Å². The van der Waals surface area contributed by atoms with Crippen molar-refractivity contribution in [3.05, 3.63) is 21.6 Å². The van der Waals surface area contributed by atoms with Crippen LogP contribution in [0.1, 0.15) is 6.42 Å². The van der Waals surface area contributed by atoms with E-state index in [1.165, 1.54) is 7.05 Å². The largest absolute Gasteiger partial charge is 0.364 e. The molecule has 0 aromatic carbocycles. The third kappa shape index (κ3) is 3.83. The fourth-order valence-corrected chi connectivity index (χ4v) is 1.17. The van der Waals surface area contributed by atoms with Crippen molar-refractivity contribution in [1.82, 2.24) is 15.3 Å². The number of halogens is 1. The van der Waals surface area contributed by atoms with Crippen molar-refractivity contribution in [2.24, 2.45) is 0 Å². The molecule has 1 aromatic rings. The highest BCUT2D eigenvalue weighted by atomic mass is 35.5. The van der Waals surface area contributed by atoms with Gasteiger partial charge in [-0.1, -0.05) is 0 Å². The van der Waals surface area contributed by atoms with Crippen LogP contribution >= 0.6 is 11.6 Å². The Balaban J connectivity index is 2.72. The third-order valence-corrected chi connectivity index (χ3v) is 2.04. The molecule has 0 atom stereocenters. The molecule has 0 aliphatic heterocycles. The van der Waals surface area contributed by atoms with Gasteiger partial charge >= 0.3 is 5.69 Å². The standard InChI is InChI=1S/C8H10ClN5O3/c1-10-6(15)2-3-11-7-5(14(16)17)4-12-8(9)13-7/h4H,2-3H2,1H3,(H,10,15)(H,11,12,13). The molecule has 0 spiro atoms. The SMILES string of the molecule is CNC(=O)CCNc1nc(Cl)ncc1[N+](=O)[O-]. The van der Waals surface area contributed by atoms with E-state index >= 15 is 0 Å². The zero-order valence-corrected chi connectivity index (χ0v) is 9.69. The third-order valence-electron chi connectivity index (χ3n) is 1.86. The van der Waals surface area contributed by atoms with Gasteiger partial charge in [0.2, 0.25) is 17.0 Å². The fourth-order valence-electron chi connectivity index (χ4n) is 1.04. The van der Waals surface area contributed by atoms with Gasteiger partial charge in [0.05, 0.1) is 4.92 Å². The Morgan fingerprint density at radius 3 is 2.94 bits per heavy atom. The van der Waals surface area contributed by atoms with Crippen molar-refractivity contribution in [3.63, 3.8) is 0 Å². The van der Waals surface area contributed by atoms with Gasteiger partial charge in [0.1, 0.15) is 6.20 Å². The highest BCUT2D eigenvalue weighted by molar-refractivity contribution is 6.28. The molecule has 0 bridgehead atoms. The second-order valence-corrected chi connectivity index (χ2v) is 3.32. The van der Waals surface area contributed by atoms with E-state index in [-0.39, 0.29) is 35.7 Å². The molecule has 0 saturated carbocycles. The first-order valence-corrected chi connectivity index (χ1v) is 5.03. The van der Waals surface area contributed by atoms with Crippen LogP contribution in [-0.2, 0) is 4.79 Å². The Labute approximate surface area is 102 Å². The maximum atomic E-state index is 10.9. The number of hydrogen-bond acceptors (Lipinski definition) is 6. The van der Waals surface area contributed by atoms with Gasteiger partial charge in [0.25, 0.3) is 0 Å². The van der Waals surface area contributed by atoms with E-state index in [1.807, 2.05) is 0 Å². The van der Waals surface area contributed by atoms with E-state index in [9.17, 15) is 14.9 Å². The molecule has 0 fully saturated rings. The summed E-state index contributed by atoms with van der Waals surface area (Å²) in [5, 5.41) is 15.6. The minimum atomic E-state index is -0.626. The minimum Gasteiger partial charge on any atom is -0.364 e. The van der Waals surface area contributed by atoms with Crippen LogP contribution in [0.4, 0.5) is 11.5 Å². The lowest BCUT2D eigenvalue weighted by molar-refractivity contribution is -0.384. The molecule has 1 heterocycles. The van der Waals surface area contributed by atoms with Gasteiger partial charge in [-0.05, 0) is 11.6 Å². The van der Waals surface area contributed by atoms with Gasteiger partial charge in [-0.15, -0.1) is 0 Å². The molecule has 2 N–H and O–H groups in total. The summed E-state index contributed by atoms with van der Waals surface area (Å²) >= 11 is 5.53. The average molecular weight is 260 g/mol. The number of anilines is 1. The van der Waals surface area contributed by atoms with Gasteiger partial charge in [0, 0.05) is 20.0 Å². The van der Waals surface area contributed by atoms with Crippen LogP contribution in [0.25, 0.3) is 0 Å². The van der Waals surface area contributed by atoms with Crippen LogP contribution in [-0.4, -0.2) is 34.4 Å². The lowest BCUT2D eigenvalue weighted by Gasteiger charge is -2.05. The average Bonchev–Trinajstić information content (AvgIpc) is 2.28. The topological polar surface area (TPSA) is 110 Å². The summed E-state index contributed by atoms with van der Waals surface area (Å²) < 4.78 is 0. The van der Waals surface area contributed by atoms with Crippen molar-refractivity contribution in [2.45, 2.75) is 6.42 Å². The summed E-state index contributed by atoms with van der Waals surface area (Å²) in [5.41, 5.74) is -0.286. The predicted molar refractivity (Wildman–Crippen MR) is 60.9 cm³/mol. The van der Waals surface area contributed by atoms with Crippen LogP contribution in [0, 0.1) is 10.1 Å². The number of nitrogens with zero attached hydrogens (tertiary/aromatic N) is 3. The Kier molecular flexibility index (Phi) is 4.58. The van der Waals surface area contributed by atoms with Gasteiger partial charge in [0.15, 0.2) is 0 Å². The van der Waals surface area contributed by atoms with E-state index in [0.717, 1.165) is 6.20 Å². The second-order valence-electron chi connectivity index (χ2n) is 2.98. The zero-order chi connectivity index (χ0) is 12.8. The minimum absolute atomic E-state index is 0.00102. The van der Waals surface area contributed by atoms with Gasteiger partial charge in [-0.2, -0.15) is 4.98 Å². The molecule has 0 saturated heterocycles. The van der Waals surface area contributed by atoms with Gasteiger partial charge in [-0.3, -0.25) is 14.9 Å². The Bertz CT molecular complexity index is 439. The molecule has 0 unspecified atom stereocenters. The zero-order valence-electron chi connectivity index (χ0n) is 8.94. The van der Waals surface area contributed by atoms with Crippen LogP contribution in [0.15, 0.2) is 6.20 Å². The summed E-state index contributed by atoms with van der Waals surface area (Å²) in [4.78, 5) is 28.2. The van der Waals surface area contributed by atoms with Crippen LogP contribution in [0.3, 0.4) is 0 Å². The summed E-state index contributed by atoms with van der Waals surface area (Å²) in [5.74, 6) is -0.181. The maximum Gasteiger partial charge on any atom is 0.329 e. The molecule has 9 heteroatoms. The van der Waals surface area contributed by atoms with Crippen molar-refractivity contribution >= 4 is 29.0 Å². The monoisotopic (exact) mass is 259 g/mol. The normalized spacial score (nSPS) is 9.76. The molecule has 0 radical (unpaired) electrons. The molecule has 0 aliphatic rings. The molecule has 17 heavy (non-hydrogen) atoms. The van der Waals surface area contributed by atoms with Crippen LogP contribution in [0.2, 0.25) is 5.28 Å². The first kappa shape index (κ1) is 13.1. The van der Waals surface area contributed by atoms with E-state index in [0.29, 0.717) is 0 Å². The summed E-state index contributed by atoms with van der Waals surface area (Å²) in [6.07, 6.45) is 1.19. The highest BCUT2D eigenvalue weighted by Crippen LogP contribution is 2.21. The van der Waals surface area contributed by atoms with E-state index < -0.39 is 4.92 Å². The van der Waals surface area contributed by atoms with Crippen molar-refractivity contribution in [1.29, 1.82) is 0 Å². The Morgan fingerprint density at radius 2 is 2.35 bits per heavy atom. The fraction of sp³-hybridized carbons (Fsp3) is 0.375. The molecule has 0 aliphatic carbocycles. The van der Waals surface area contributed by atoms with E-state index in [2.05, 4.69) is 20.6 Å². The number of aromatic nitrogens is 2. The van der Waals surface area contributed by atoms with Gasteiger partial charge in [-0.25, -0.2) is 4.98 Å². The lowest BCUT2D eigenvalue weighted by Crippen LogP contribution is -2.21. The summed E-state index contributed by atoms with van der Waals surface area (Å²) in [6.45, 7) is 0.216. The summed E-state index contributed by atoms with van der Waals surface area (Å²) in [7, 11) is 1.51. The van der Waals surface area contributed by atoms with Crippen molar-refractivity contribution in [3.8, 4) is 0 Å². The smallest absolute Gasteiger partial charge is 0.329 e. The van der Waals surface area contributed by atoms with Crippen molar-refractivity contribution < 1.29 is 9.72 Å². The molecule has 1 amide bonds. The molecule has 1 aromatic heterocycles. The highest BCUT2D eigenvalue weighted by Gasteiger charge is 2.16. The maximum absolute atomic E-state index is 10.9. The molecule has 1 rings (SSSR count). The van der Waals surface area contributed by atoms with Crippen molar-refractivity contribution in [2.75, 3.05) is 18.9 Å². The molecular formula is C8H10ClN5O3. The Hall–Kier alpha value is -1.96. The number of carbonyl (C=O) groups is 1. The number of nitro groups is 1. The molecular weight excluding hydrogens is 250 g/mol. The van der Waals surface area contributed by atoms with E-state index in [1.54, 1.807) is 0 Å². The first-order valence-electron chi connectivity index (χ1n) is 4.66. The lowest BCUT2D eigenvalue weighted by atomic mass is 10.4. The summed E-state index contributed by atoms with van der Waals surface area (Å²) in [6, 6.07) is 0.